The molecule has 4 aliphatic rings. The molecule has 21 nitrogen and oxygen atoms in total. The normalized spacial score (nSPS) is 15.9. The fourth-order valence-corrected chi connectivity index (χ4v) is 17.2. The van der Waals surface area contributed by atoms with Gasteiger partial charge in [0, 0.05) is 63.9 Å². The van der Waals surface area contributed by atoms with Crippen LogP contribution in [-0.2, 0) is 40.1 Å². The van der Waals surface area contributed by atoms with E-state index in [2.05, 4.69) is 63.4 Å². The molecule has 7 aromatic rings. The molecule has 4 aliphatic heterocycles. The van der Waals surface area contributed by atoms with Crippen molar-refractivity contribution < 1.29 is 33.7 Å². The van der Waals surface area contributed by atoms with Crippen molar-refractivity contribution in [2.24, 2.45) is 0 Å². The number of anilines is 8. The SMILES string of the molecule is CS(=O)(=O)Nc1ncc(N2CCCC2)s1.Cc1ccccc1S(=O)(=O)Nc1ncc(N2CCCC2)s1.O=S(=O)(Nc1ncc(N2CCCC2)s1)c1ccccc1.O=S(=O)(Nc1ncc(N2CCCC2)s1)c1nccs1. The van der Waals surface area contributed by atoms with Gasteiger partial charge in [-0.05, 0) is 82.1 Å². The van der Waals surface area contributed by atoms with Crippen molar-refractivity contribution in [2.45, 2.75) is 72.4 Å². The monoisotopic (exact) mass is 1200 g/mol. The van der Waals surface area contributed by atoms with E-state index in [1.54, 1.807) is 85.6 Å². The number of aryl methyl sites for hydroxylation is 1. The molecule has 0 spiro atoms. The van der Waals surface area contributed by atoms with Crippen molar-refractivity contribution in [2.75, 3.05) is 97.1 Å². The average Bonchev–Trinajstić information content (AvgIpc) is 4.20. The third kappa shape index (κ3) is 15.9. The molecule has 0 saturated carbocycles. The Bertz CT molecular complexity index is 3380. The zero-order valence-corrected chi connectivity index (χ0v) is 48.3. The second-order valence-electron chi connectivity index (χ2n) is 17.4. The molecule has 9 heterocycles. The second kappa shape index (κ2) is 25.3. The minimum Gasteiger partial charge on any atom is -0.362 e. The summed E-state index contributed by atoms with van der Waals surface area (Å²) in [6.07, 6.45) is 19.0. The smallest absolute Gasteiger partial charge is 0.291 e. The summed E-state index contributed by atoms with van der Waals surface area (Å²) in [5, 5.41) is 7.38. The highest BCUT2D eigenvalue weighted by Crippen LogP contribution is 2.34. The van der Waals surface area contributed by atoms with Gasteiger partial charge in [0.2, 0.25) is 14.4 Å². The zero-order chi connectivity index (χ0) is 53.1. The zero-order valence-electron chi connectivity index (χ0n) is 40.9. The quantitative estimate of drug-likeness (QED) is 0.0749. The van der Waals surface area contributed by atoms with E-state index in [9.17, 15) is 33.7 Å². The van der Waals surface area contributed by atoms with Crippen LogP contribution in [0, 0.1) is 6.92 Å². The first-order valence-electron chi connectivity index (χ1n) is 23.8. The first kappa shape index (κ1) is 56.0. The van der Waals surface area contributed by atoms with Crippen LogP contribution in [0.2, 0.25) is 0 Å². The Balaban J connectivity index is 0.000000134. The molecule has 11 rings (SSSR count). The van der Waals surface area contributed by atoms with Gasteiger partial charge in [0.05, 0.1) is 40.8 Å². The molecule has 2 aromatic carbocycles. The molecule has 0 aliphatic carbocycles. The summed E-state index contributed by atoms with van der Waals surface area (Å²) in [4.78, 5) is 29.8. The number of rotatable bonds is 15. The molecule has 404 valence electrons. The van der Waals surface area contributed by atoms with Crippen LogP contribution in [-0.4, -0.2) is 117 Å². The third-order valence-corrected chi connectivity index (χ3v) is 22.0. The van der Waals surface area contributed by atoms with Gasteiger partial charge in [-0.1, -0.05) is 81.7 Å². The fourth-order valence-electron chi connectivity index (χ4n) is 8.05. The van der Waals surface area contributed by atoms with Crippen LogP contribution in [0.4, 0.5) is 40.5 Å². The Kier molecular flexibility index (Phi) is 18.9. The first-order chi connectivity index (χ1) is 35.9. The van der Waals surface area contributed by atoms with Gasteiger partial charge >= 0.3 is 0 Å². The molecule has 0 atom stereocenters. The summed E-state index contributed by atoms with van der Waals surface area (Å²) in [5.74, 6) is 0. The second-order valence-corrected chi connectivity index (χ2v) is 29.2. The molecule has 75 heavy (non-hydrogen) atoms. The maximum absolute atomic E-state index is 12.4. The van der Waals surface area contributed by atoms with Crippen molar-refractivity contribution in [3.05, 3.63) is 96.5 Å². The molecule has 30 heteroatoms. The number of hydrogen-bond acceptors (Lipinski definition) is 22. The van der Waals surface area contributed by atoms with E-state index in [0.29, 0.717) is 25.4 Å². The van der Waals surface area contributed by atoms with E-state index in [-0.39, 0.29) is 9.24 Å². The van der Waals surface area contributed by atoms with Crippen molar-refractivity contribution in [3.8, 4) is 0 Å². The van der Waals surface area contributed by atoms with E-state index < -0.39 is 40.1 Å². The highest BCUT2D eigenvalue weighted by atomic mass is 32.2. The lowest BCUT2D eigenvalue weighted by molar-refractivity contribution is 0.598. The van der Waals surface area contributed by atoms with Gasteiger partial charge in [0.25, 0.3) is 30.1 Å². The number of aromatic nitrogens is 5. The van der Waals surface area contributed by atoms with Gasteiger partial charge in [0.1, 0.15) is 20.0 Å². The van der Waals surface area contributed by atoms with Crippen molar-refractivity contribution in [1.29, 1.82) is 0 Å². The third-order valence-electron chi connectivity index (χ3n) is 11.7. The first-order valence-corrected chi connectivity index (χ1v) is 34.3. The molecule has 0 amide bonds. The lowest BCUT2D eigenvalue weighted by atomic mass is 10.2. The molecule has 4 saturated heterocycles. The Morgan fingerprint density at radius 3 is 1.17 bits per heavy atom. The number of nitrogens with one attached hydrogen (secondary N) is 4. The topological polar surface area (TPSA) is 262 Å². The van der Waals surface area contributed by atoms with Gasteiger partial charge in [-0.15, -0.1) is 11.3 Å². The molecule has 4 N–H and O–H groups in total. The van der Waals surface area contributed by atoms with Gasteiger partial charge in [0.15, 0.2) is 20.5 Å². The molecule has 4 fully saturated rings. The van der Waals surface area contributed by atoms with E-state index in [0.717, 1.165) is 95.5 Å². The van der Waals surface area contributed by atoms with Gasteiger partial charge in [-0.2, -0.15) is 8.42 Å². The highest BCUT2D eigenvalue weighted by molar-refractivity contribution is 7.95. The summed E-state index contributed by atoms with van der Waals surface area (Å²) in [5.41, 5.74) is 0.723. The van der Waals surface area contributed by atoms with Gasteiger partial charge < -0.3 is 19.6 Å². The lowest BCUT2D eigenvalue weighted by Gasteiger charge is -2.13. The maximum atomic E-state index is 12.4. The van der Waals surface area contributed by atoms with Crippen LogP contribution in [0.1, 0.15) is 56.9 Å². The lowest BCUT2D eigenvalue weighted by Crippen LogP contribution is -2.16. The molecule has 0 bridgehead atoms. The van der Waals surface area contributed by atoms with Crippen LogP contribution in [0.3, 0.4) is 0 Å². The highest BCUT2D eigenvalue weighted by Gasteiger charge is 2.24. The van der Waals surface area contributed by atoms with Crippen molar-refractivity contribution in [1.82, 2.24) is 24.9 Å². The van der Waals surface area contributed by atoms with Gasteiger partial charge in [-0.25, -0.2) is 50.2 Å². The molecular formula is C45H57N13O8S9. The minimum atomic E-state index is -3.59. The van der Waals surface area contributed by atoms with E-state index >= 15 is 0 Å². The Morgan fingerprint density at radius 2 is 0.800 bits per heavy atom. The summed E-state index contributed by atoms with van der Waals surface area (Å²) >= 11 is 6.58. The van der Waals surface area contributed by atoms with Crippen molar-refractivity contribution >= 4 is 137 Å². The molecule has 0 radical (unpaired) electrons. The summed E-state index contributed by atoms with van der Waals surface area (Å²) < 4.78 is 105. The van der Waals surface area contributed by atoms with E-state index in [1.165, 1.54) is 103 Å². The molecular weight excluding hydrogens is 1140 g/mol. The average molecular weight is 1200 g/mol. The Morgan fingerprint density at radius 1 is 0.440 bits per heavy atom. The predicted molar refractivity (Wildman–Crippen MR) is 305 cm³/mol. The maximum Gasteiger partial charge on any atom is 0.291 e. The number of hydrogen-bond donors (Lipinski definition) is 4. The van der Waals surface area contributed by atoms with E-state index in [1.807, 2.05) is 6.07 Å². The number of benzene rings is 2. The standard InChI is InChI=1S/C14H17N3O2S2.C13H15N3O2S2.C10H12N4O2S3.C8H13N3O2S2/c1-11-6-2-3-7-12(11)21(18,19)16-14-15-10-13(20-14)17-8-4-5-9-17;17-20(18,11-6-2-1-3-7-11)15-13-14-10-12(19-13)16-8-4-5-9-16;15-19(16,10-11-3-6-17-10)13-9-12-7-8(18-9)14-4-1-2-5-14;1-15(12,13)10-8-9-6-7(14-8)11-4-2-3-5-11/h2-3,6-7,10H,4-5,8-9H2,1H3,(H,15,16);1-3,6-7,10H,4-5,8-9H2,(H,14,15);3,6-7H,1-2,4-5H2,(H,12,13);6H,2-5H2,1H3,(H,9,10). The van der Waals surface area contributed by atoms with Crippen LogP contribution in [0.5, 0.6) is 0 Å². The van der Waals surface area contributed by atoms with Crippen LogP contribution < -0.4 is 38.5 Å². The van der Waals surface area contributed by atoms with Crippen LogP contribution >= 0.6 is 56.7 Å². The predicted octanol–water partition coefficient (Wildman–Crippen LogP) is 8.51. The summed E-state index contributed by atoms with van der Waals surface area (Å²) in [6, 6.07) is 15.3. The number of sulfonamides is 4. The van der Waals surface area contributed by atoms with Gasteiger partial charge in [-0.3, -0.25) is 18.9 Å². The molecule has 0 unspecified atom stereocenters. The largest absolute Gasteiger partial charge is 0.362 e. The summed E-state index contributed by atoms with van der Waals surface area (Å²) in [7, 11) is -13.9. The van der Waals surface area contributed by atoms with Crippen LogP contribution in [0.15, 0.2) is 105 Å². The minimum absolute atomic E-state index is 0.0606. The molecule has 5 aromatic heterocycles. The van der Waals surface area contributed by atoms with Crippen LogP contribution in [0.25, 0.3) is 0 Å². The fraction of sp³-hybridized carbons (Fsp3) is 0.400. The Labute approximate surface area is 458 Å². The Hall–Kier alpha value is -5.21. The number of thiazole rings is 5. The van der Waals surface area contributed by atoms with E-state index in [4.69, 9.17) is 0 Å². The number of nitrogens with zero attached hydrogens (tertiary/aromatic N) is 9. The van der Waals surface area contributed by atoms with Crippen molar-refractivity contribution in [3.63, 3.8) is 0 Å². The summed E-state index contributed by atoms with van der Waals surface area (Å²) in [6.45, 7) is 9.98.